The molecule has 2 amide bonds. The first kappa shape index (κ1) is 20.3. The van der Waals surface area contributed by atoms with Gasteiger partial charge >= 0.3 is 0 Å². The Balaban J connectivity index is 1.83. The Hall–Kier alpha value is -3.95. The predicted octanol–water partition coefficient (Wildman–Crippen LogP) is 5.06. The number of benzene rings is 3. The maximum absolute atomic E-state index is 13.5. The van der Waals surface area contributed by atoms with Crippen molar-refractivity contribution in [1.82, 2.24) is 0 Å². The van der Waals surface area contributed by atoms with E-state index in [4.69, 9.17) is 16.9 Å². The third-order valence-electron chi connectivity index (χ3n) is 5.00. The van der Waals surface area contributed by atoms with E-state index in [0.717, 1.165) is 4.90 Å². The summed E-state index contributed by atoms with van der Waals surface area (Å²) in [5.74, 6) is -1.57. The molecule has 3 aromatic carbocycles. The van der Waals surface area contributed by atoms with Crippen molar-refractivity contribution in [2.45, 2.75) is 6.92 Å². The first-order valence-electron chi connectivity index (χ1n) is 9.32. The van der Waals surface area contributed by atoms with Crippen molar-refractivity contribution in [3.63, 3.8) is 0 Å². The van der Waals surface area contributed by atoms with Gasteiger partial charge in [0.2, 0.25) is 0 Å². The van der Waals surface area contributed by atoms with E-state index in [2.05, 4.69) is 5.32 Å². The van der Waals surface area contributed by atoms with Crippen molar-refractivity contribution in [2.75, 3.05) is 10.2 Å². The summed E-state index contributed by atoms with van der Waals surface area (Å²) in [5.41, 5.74) is 2.60. The van der Waals surface area contributed by atoms with Gasteiger partial charge in [-0.25, -0.2) is 9.29 Å². The van der Waals surface area contributed by atoms with E-state index in [9.17, 15) is 14.0 Å². The van der Waals surface area contributed by atoms with Gasteiger partial charge in [-0.3, -0.25) is 9.59 Å². The van der Waals surface area contributed by atoms with Gasteiger partial charge in [0.05, 0.1) is 22.9 Å². The molecule has 0 atom stereocenters. The van der Waals surface area contributed by atoms with E-state index >= 15 is 0 Å². The zero-order chi connectivity index (χ0) is 22.1. The summed E-state index contributed by atoms with van der Waals surface area (Å²) < 4.78 is 13.5. The van der Waals surface area contributed by atoms with Crippen molar-refractivity contribution < 1.29 is 14.0 Å². The topological polar surface area (TPSA) is 73.2 Å². The molecule has 0 saturated heterocycles. The normalized spacial score (nSPS) is 13.5. The highest BCUT2D eigenvalue weighted by Crippen LogP contribution is 2.35. The molecule has 1 aliphatic rings. The van der Waals surface area contributed by atoms with Crippen LogP contribution < -0.4 is 10.2 Å². The highest BCUT2D eigenvalue weighted by molar-refractivity contribution is 6.46. The highest BCUT2D eigenvalue weighted by atomic mass is 35.5. The lowest BCUT2D eigenvalue weighted by Gasteiger charge is -2.16. The molecule has 4 rings (SSSR count). The number of imide groups is 1. The monoisotopic (exact) mass is 431 g/mol. The second-order valence-electron chi connectivity index (χ2n) is 6.90. The molecule has 7 heteroatoms. The summed E-state index contributed by atoms with van der Waals surface area (Å²) in [4.78, 5) is 27.7. The van der Waals surface area contributed by atoms with Gasteiger partial charge in [0, 0.05) is 10.7 Å². The summed E-state index contributed by atoms with van der Waals surface area (Å²) in [6.07, 6.45) is 0. The number of amides is 2. The van der Waals surface area contributed by atoms with Crippen LogP contribution in [0.4, 0.5) is 15.8 Å². The van der Waals surface area contributed by atoms with Gasteiger partial charge in [-0.05, 0) is 66.6 Å². The Kier molecular flexibility index (Phi) is 5.28. The first-order chi connectivity index (χ1) is 14.9. The molecule has 3 aromatic rings. The molecule has 5 nitrogen and oxygen atoms in total. The molecule has 1 N–H and O–H groups in total. The number of nitriles is 1. The molecule has 31 heavy (non-hydrogen) atoms. The van der Waals surface area contributed by atoms with Gasteiger partial charge in [-0.2, -0.15) is 5.26 Å². The van der Waals surface area contributed by atoms with Gasteiger partial charge < -0.3 is 5.32 Å². The molecule has 0 unspecified atom stereocenters. The number of hydrogen-bond acceptors (Lipinski definition) is 4. The van der Waals surface area contributed by atoms with Crippen LogP contribution in [0.25, 0.3) is 5.57 Å². The average Bonchev–Trinajstić information content (AvgIpc) is 3.01. The van der Waals surface area contributed by atoms with Crippen LogP contribution in [-0.2, 0) is 9.59 Å². The number of nitrogens with one attached hydrogen (secondary N) is 1. The van der Waals surface area contributed by atoms with Gasteiger partial charge in [0.25, 0.3) is 11.8 Å². The fourth-order valence-corrected chi connectivity index (χ4v) is 3.50. The third kappa shape index (κ3) is 3.67. The molecule has 1 aliphatic heterocycles. The minimum absolute atomic E-state index is 0.0614. The zero-order valence-corrected chi connectivity index (χ0v) is 17.1. The van der Waals surface area contributed by atoms with Crippen LogP contribution >= 0.6 is 11.6 Å². The molecule has 0 aliphatic carbocycles. The molecule has 0 saturated carbocycles. The molecule has 1 heterocycles. The van der Waals surface area contributed by atoms with E-state index in [1.807, 2.05) is 6.07 Å². The Morgan fingerprint density at radius 1 is 0.968 bits per heavy atom. The SMILES string of the molecule is Cc1c(Cl)cccc1NC1=C(c2ccc(F)cc2)C(=O)N(c2ccc(C#N)cc2)C1=O. The first-order valence-corrected chi connectivity index (χ1v) is 9.70. The number of hydrogen-bond donors (Lipinski definition) is 1. The average molecular weight is 432 g/mol. The van der Waals surface area contributed by atoms with E-state index in [1.54, 1.807) is 25.1 Å². The smallest absolute Gasteiger partial charge is 0.282 e. The fraction of sp³-hybridized carbons (Fsp3) is 0.0417. The van der Waals surface area contributed by atoms with Crippen LogP contribution in [0.15, 0.2) is 72.4 Å². The van der Waals surface area contributed by atoms with E-state index in [1.165, 1.54) is 48.5 Å². The molecule has 0 radical (unpaired) electrons. The van der Waals surface area contributed by atoms with Gasteiger partial charge in [-0.1, -0.05) is 29.8 Å². The lowest BCUT2D eigenvalue weighted by molar-refractivity contribution is -0.120. The van der Waals surface area contributed by atoms with Gasteiger partial charge in [-0.15, -0.1) is 0 Å². The number of carbonyl (C=O) groups excluding carboxylic acids is 2. The zero-order valence-electron chi connectivity index (χ0n) is 16.3. The number of halogens is 2. The second kappa shape index (κ2) is 8.05. The largest absolute Gasteiger partial charge is 0.350 e. The summed E-state index contributed by atoms with van der Waals surface area (Å²) in [6.45, 7) is 1.79. The molecule has 0 fully saturated rings. The minimum Gasteiger partial charge on any atom is -0.350 e. The van der Waals surface area contributed by atoms with Crippen molar-refractivity contribution in [3.05, 3.63) is 100.0 Å². The summed E-state index contributed by atoms with van der Waals surface area (Å²) in [7, 11) is 0. The minimum atomic E-state index is -0.562. The summed E-state index contributed by atoms with van der Waals surface area (Å²) in [6, 6.07) is 18.7. The van der Waals surface area contributed by atoms with Crippen LogP contribution in [-0.4, -0.2) is 11.8 Å². The van der Waals surface area contributed by atoms with E-state index in [-0.39, 0.29) is 11.3 Å². The molecule has 0 bridgehead atoms. The molecule has 0 aromatic heterocycles. The Morgan fingerprint density at radius 3 is 2.29 bits per heavy atom. The van der Waals surface area contributed by atoms with E-state index < -0.39 is 17.6 Å². The predicted molar refractivity (Wildman–Crippen MR) is 117 cm³/mol. The Labute approximate surface area is 183 Å². The van der Waals surface area contributed by atoms with Crippen molar-refractivity contribution in [1.29, 1.82) is 5.26 Å². The van der Waals surface area contributed by atoms with Crippen LogP contribution in [0.2, 0.25) is 5.02 Å². The van der Waals surface area contributed by atoms with Crippen LogP contribution in [0.1, 0.15) is 16.7 Å². The number of anilines is 2. The number of carbonyl (C=O) groups is 2. The lowest BCUT2D eigenvalue weighted by Crippen LogP contribution is -2.32. The Bertz CT molecular complexity index is 1280. The Morgan fingerprint density at radius 2 is 1.65 bits per heavy atom. The third-order valence-corrected chi connectivity index (χ3v) is 5.41. The molecule has 0 spiro atoms. The van der Waals surface area contributed by atoms with Gasteiger partial charge in [0.15, 0.2) is 0 Å². The van der Waals surface area contributed by atoms with Gasteiger partial charge in [0.1, 0.15) is 11.5 Å². The van der Waals surface area contributed by atoms with Crippen LogP contribution in [0.5, 0.6) is 0 Å². The quantitative estimate of drug-likeness (QED) is 0.586. The van der Waals surface area contributed by atoms with E-state index in [0.29, 0.717) is 33.1 Å². The van der Waals surface area contributed by atoms with Crippen molar-refractivity contribution in [2.24, 2.45) is 0 Å². The standard InChI is InChI=1S/C24H15ClFN3O2/c1-14-19(25)3-2-4-20(14)28-22-21(16-7-9-17(26)10-8-16)23(30)29(24(22)31)18-11-5-15(13-27)6-12-18/h2-12,28H,1H3. The second-order valence-corrected chi connectivity index (χ2v) is 7.31. The summed E-state index contributed by atoms with van der Waals surface area (Å²) >= 11 is 6.20. The highest BCUT2D eigenvalue weighted by Gasteiger charge is 2.40. The van der Waals surface area contributed by atoms with Crippen LogP contribution in [0.3, 0.4) is 0 Å². The fourth-order valence-electron chi connectivity index (χ4n) is 3.33. The summed E-state index contributed by atoms with van der Waals surface area (Å²) in [5, 5.41) is 12.6. The van der Waals surface area contributed by atoms with Crippen molar-refractivity contribution >= 4 is 40.4 Å². The lowest BCUT2D eigenvalue weighted by atomic mass is 10.0. The van der Waals surface area contributed by atoms with Crippen molar-refractivity contribution in [3.8, 4) is 6.07 Å². The molecular weight excluding hydrogens is 417 g/mol. The molecule has 152 valence electrons. The number of nitrogens with zero attached hydrogens (tertiary/aromatic N) is 2. The maximum atomic E-state index is 13.5. The number of rotatable bonds is 4. The van der Waals surface area contributed by atoms with Crippen LogP contribution in [0, 0.1) is 24.1 Å². The molecular formula is C24H15ClFN3O2. The maximum Gasteiger partial charge on any atom is 0.282 e.